The molecule has 2 aromatic rings. The SMILES string of the molecule is c1ccc(CN2CCOc3nc(OC(C4CC4)C4CC4)ccc3C2)cc1. The minimum absolute atomic E-state index is 0.376. The summed E-state index contributed by atoms with van der Waals surface area (Å²) in [5.41, 5.74) is 2.49. The van der Waals surface area contributed by atoms with Gasteiger partial charge in [0.05, 0.1) is 0 Å². The highest BCUT2D eigenvalue weighted by Gasteiger charge is 2.43. The molecule has 2 heterocycles. The number of pyridine rings is 1. The molecule has 0 unspecified atom stereocenters. The molecule has 2 saturated carbocycles. The van der Waals surface area contributed by atoms with Crippen molar-refractivity contribution in [2.24, 2.45) is 11.8 Å². The lowest BCUT2D eigenvalue weighted by Crippen LogP contribution is -2.25. The number of ether oxygens (including phenoxy) is 2. The Balaban J connectivity index is 1.28. The standard InChI is InChI=1S/C22H26N2O2/c1-2-4-16(5-3-1)14-24-12-13-25-22-19(15-24)10-11-20(23-22)26-21(17-6-7-17)18-8-9-18/h1-5,10-11,17-18,21H,6-9,12-15H2. The van der Waals surface area contributed by atoms with Crippen LogP contribution in [0.2, 0.25) is 0 Å². The van der Waals surface area contributed by atoms with E-state index in [2.05, 4.69) is 41.3 Å². The summed E-state index contributed by atoms with van der Waals surface area (Å²) in [6.07, 6.45) is 5.64. The molecule has 136 valence electrons. The van der Waals surface area contributed by atoms with E-state index in [1.807, 2.05) is 6.07 Å². The molecule has 0 saturated heterocycles. The first kappa shape index (κ1) is 16.1. The Kier molecular flexibility index (Phi) is 4.29. The van der Waals surface area contributed by atoms with E-state index in [-0.39, 0.29) is 0 Å². The van der Waals surface area contributed by atoms with Crippen LogP contribution in [0.25, 0.3) is 0 Å². The van der Waals surface area contributed by atoms with Gasteiger partial charge in [-0.3, -0.25) is 4.90 Å². The first-order chi connectivity index (χ1) is 12.8. The summed E-state index contributed by atoms with van der Waals surface area (Å²) in [7, 11) is 0. The summed E-state index contributed by atoms with van der Waals surface area (Å²) in [6.45, 7) is 3.39. The minimum Gasteiger partial charge on any atom is -0.476 e. The summed E-state index contributed by atoms with van der Waals surface area (Å²) in [5, 5.41) is 0. The van der Waals surface area contributed by atoms with Gasteiger partial charge in [-0.1, -0.05) is 30.3 Å². The molecule has 0 amide bonds. The largest absolute Gasteiger partial charge is 0.476 e. The number of nitrogens with zero attached hydrogens (tertiary/aromatic N) is 2. The van der Waals surface area contributed by atoms with Crippen LogP contribution in [0.15, 0.2) is 42.5 Å². The first-order valence-electron chi connectivity index (χ1n) is 9.91. The van der Waals surface area contributed by atoms with Gasteiger partial charge in [0.1, 0.15) is 12.7 Å². The molecule has 0 N–H and O–H groups in total. The van der Waals surface area contributed by atoms with Crippen molar-refractivity contribution in [1.29, 1.82) is 0 Å². The molecule has 0 spiro atoms. The van der Waals surface area contributed by atoms with Gasteiger partial charge in [0, 0.05) is 31.3 Å². The number of fused-ring (bicyclic) bond motifs is 1. The maximum absolute atomic E-state index is 6.29. The van der Waals surface area contributed by atoms with Gasteiger partial charge < -0.3 is 9.47 Å². The third kappa shape index (κ3) is 3.70. The fourth-order valence-corrected chi connectivity index (χ4v) is 3.90. The lowest BCUT2D eigenvalue weighted by Gasteiger charge is -2.20. The summed E-state index contributed by atoms with van der Waals surface area (Å²) in [6, 6.07) is 14.8. The summed E-state index contributed by atoms with van der Waals surface area (Å²) in [4.78, 5) is 7.12. The zero-order chi connectivity index (χ0) is 17.3. The number of hydrogen-bond acceptors (Lipinski definition) is 4. The van der Waals surface area contributed by atoms with Crippen molar-refractivity contribution in [2.75, 3.05) is 13.2 Å². The number of rotatable bonds is 6. The Labute approximate surface area is 155 Å². The second-order valence-electron chi connectivity index (χ2n) is 7.92. The predicted octanol–water partition coefficient (Wildman–Crippen LogP) is 4.04. The highest BCUT2D eigenvalue weighted by atomic mass is 16.5. The molecule has 4 heteroatoms. The fraction of sp³-hybridized carbons (Fsp3) is 0.500. The van der Waals surface area contributed by atoms with E-state index >= 15 is 0 Å². The van der Waals surface area contributed by atoms with Gasteiger partial charge in [-0.25, -0.2) is 0 Å². The van der Waals surface area contributed by atoms with Crippen LogP contribution in [0.5, 0.6) is 11.8 Å². The summed E-state index contributed by atoms with van der Waals surface area (Å²) in [5.74, 6) is 3.00. The smallest absolute Gasteiger partial charge is 0.221 e. The highest BCUT2D eigenvalue weighted by Crippen LogP contribution is 2.46. The maximum atomic E-state index is 6.29. The van der Waals surface area contributed by atoms with Gasteiger partial charge in [-0.05, 0) is 49.1 Å². The van der Waals surface area contributed by atoms with E-state index in [0.29, 0.717) is 12.7 Å². The van der Waals surface area contributed by atoms with Crippen LogP contribution < -0.4 is 9.47 Å². The van der Waals surface area contributed by atoms with Crippen LogP contribution in [0.1, 0.15) is 36.8 Å². The van der Waals surface area contributed by atoms with Crippen LogP contribution in [-0.4, -0.2) is 29.1 Å². The van der Waals surface area contributed by atoms with Crippen molar-refractivity contribution in [3.63, 3.8) is 0 Å². The third-order valence-corrected chi connectivity index (χ3v) is 5.63. The fourth-order valence-electron chi connectivity index (χ4n) is 3.90. The molecule has 1 aliphatic heterocycles. The van der Waals surface area contributed by atoms with Gasteiger partial charge >= 0.3 is 0 Å². The monoisotopic (exact) mass is 350 g/mol. The second kappa shape index (κ2) is 6.92. The molecular weight excluding hydrogens is 324 g/mol. The second-order valence-corrected chi connectivity index (χ2v) is 7.92. The molecule has 26 heavy (non-hydrogen) atoms. The molecule has 0 radical (unpaired) electrons. The van der Waals surface area contributed by atoms with Gasteiger partial charge in [0.15, 0.2) is 0 Å². The topological polar surface area (TPSA) is 34.6 Å². The van der Waals surface area contributed by atoms with Gasteiger partial charge in [0.2, 0.25) is 11.8 Å². The van der Waals surface area contributed by atoms with Gasteiger partial charge in [-0.15, -0.1) is 0 Å². The molecule has 2 fully saturated rings. The van der Waals surface area contributed by atoms with Gasteiger partial charge in [0.25, 0.3) is 0 Å². The molecule has 0 bridgehead atoms. The van der Waals surface area contributed by atoms with Crippen LogP contribution in [-0.2, 0) is 13.1 Å². The molecule has 5 rings (SSSR count). The van der Waals surface area contributed by atoms with Gasteiger partial charge in [-0.2, -0.15) is 4.98 Å². The average Bonchev–Trinajstić information content (AvgIpc) is 3.55. The lowest BCUT2D eigenvalue weighted by molar-refractivity contribution is 0.146. The molecule has 1 aromatic heterocycles. The van der Waals surface area contributed by atoms with Crippen molar-refractivity contribution in [3.05, 3.63) is 53.6 Å². The average molecular weight is 350 g/mol. The Hall–Kier alpha value is -2.07. The summed E-state index contributed by atoms with van der Waals surface area (Å²) >= 11 is 0. The number of aromatic nitrogens is 1. The molecule has 0 atom stereocenters. The molecule has 1 aromatic carbocycles. The lowest BCUT2D eigenvalue weighted by atomic mass is 10.1. The zero-order valence-electron chi connectivity index (χ0n) is 15.1. The van der Waals surface area contributed by atoms with Crippen molar-refractivity contribution < 1.29 is 9.47 Å². The van der Waals surface area contributed by atoms with E-state index in [1.54, 1.807) is 0 Å². The number of hydrogen-bond donors (Lipinski definition) is 0. The van der Waals surface area contributed by atoms with Crippen molar-refractivity contribution >= 4 is 0 Å². The normalized spacial score (nSPS) is 20.3. The van der Waals surface area contributed by atoms with E-state index in [4.69, 9.17) is 14.5 Å². The Morgan fingerprint density at radius 3 is 2.54 bits per heavy atom. The Bertz CT molecular complexity index is 744. The van der Waals surface area contributed by atoms with Crippen molar-refractivity contribution in [3.8, 4) is 11.8 Å². The maximum Gasteiger partial charge on any atom is 0.221 e. The predicted molar refractivity (Wildman–Crippen MR) is 100 cm³/mol. The van der Waals surface area contributed by atoms with E-state index in [9.17, 15) is 0 Å². The van der Waals surface area contributed by atoms with E-state index in [0.717, 1.165) is 48.8 Å². The van der Waals surface area contributed by atoms with Crippen molar-refractivity contribution in [2.45, 2.75) is 44.9 Å². The van der Waals surface area contributed by atoms with E-state index in [1.165, 1.54) is 31.2 Å². The first-order valence-corrected chi connectivity index (χ1v) is 9.91. The molecule has 2 aliphatic carbocycles. The molecule has 4 nitrogen and oxygen atoms in total. The Morgan fingerprint density at radius 1 is 1.04 bits per heavy atom. The molecule has 3 aliphatic rings. The Morgan fingerprint density at radius 2 is 1.81 bits per heavy atom. The van der Waals surface area contributed by atoms with Crippen LogP contribution in [0, 0.1) is 11.8 Å². The number of benzene rings is 1. The van der Waals surface area contributed by atoms with Crippen LogP contribution in [0.3, 0.4) is 0 Å². The summed E-state index contributed by atoms with van der Waals surface area (Å²) < 4.78 is 12.2. The minimum atomic E-state index is 0.376. The van der Waals surface area contributed by atoms with E-state index < -0.39 is 0 Å². The van der Waals surface area contributed by atoms with Crippen LogP contribution in [0.4, 0.5) is 0 Å². The molecular formula is C22H26N2O2. The highest BCUT2D eigenvalue weighted by molar-refractivity contribution is 5.32. The quantitative estimate of drug-likeness (QED) is 0.787. The van der Waals surface area contributed by atoms with Crippen molar-refractivity contribution in [1.82, 2.24) is 9.88 Å². The third-order valence-electron chi connectivity index (χ3n) is 5.63. The zero-order valence-corrected chi connectivity index (χ0v) is 15.1. The van der Waals surface area contributed by atoms with Crippen LogP contribution >= 0.6 is 0 Å².